The Morgan fingerprint density at radius 3 is 2.37 bits per heavy atom. The fraction of sp³-hybridized carbons (Fsp3) is 0.286. The maximum Gasteiger partial charge on any atom is 0.261 e. The number of aromatic nitrogens is 1. The zero-order valence-corrected chi connectivity index (χ0v) is 25.8. The van der Waals surface area contributed by atoms with E-state index in [-0.39, 0.29) is 23.2 Å². The van der Waals surface area contributed by atoms with Gasteiger partial charge in [-0.1, -0.05) is 29.0 Å². The first-order chi connectivity index (χ1) is 19.2. The number of aryl methyl sites for hydroxylation is 1. The molecule has 0 radical (unpaired) electrons. The normalized spacial score (nSPS) is 14.0. The van der Waals surface area contributed by atoms with Gasteiger partial charge < -0.3 is 15.0 Å². The Balaban J connectivity index is 0.00000387. The van der Waals surface area contributed by atoms with E-state index in [0.717, 1.165) is 53.8 Å². The van der Waals surface area contributed by atoms with Gasteiger partial charge in [-0.15, -0.1) is 12.4 Å². The number of nitrogens with zero attached hydrogens (tertiary/aromatic N) is 3. The molecule has 1 aliphatic heterocycles. The van der Waals surface area contributed by atoms with Crippen molar-refractivity contribution in [3.8, 4) is 5.75 Å². The van der Waals surface area contributed by atoms with Crippen LogP contribution in [0, 0.1) is 6.92 Å². The lowest BCUT2D eigenvalue weighted by Gasteiger charge is -2.34. The van der Waals surface area contributed by atoms with E-state index in [1.54, 1.807) is 42.7 Å². The minimum atomic E-state index is -3.75. The van der Waals surface area contributed by atoms with Crippen LogP contribution in [0.2, 0.25) is 5.02 Å². The van der Waals surface area contributed by atoms with Crippen LogP contribution >= 0.6 is 35.3 Å². The largest absolute Gasteiger partial charge is 0.494 e. The molecule has 1 amide bonds. The Kier molecular flexibility index (Phi) is 9.98. The summed E-state index contributed by atoms with van der Waals surface area (Å²) in [6, 6.07) is 16.3. The predicted molar refractivity (Wildman–Crippen MR) is 168 cm³/mol. The van der Waals surface area contributed by atoms with Gasteiger partial charge in [-0.2, -0.15) is 0 Å². The molecule has 1 saturated heterocycles. The summed E-state index contributed by atoms with van der Waals surface area (Å²) in [5.74, 6) is 0.593. The SMILES string of the molecule is COc1ccc(C)c2sc(N3CCN(CCNC(=O)c4ccc(NS(=O)(=O)c5ccc(Cl)cc5)cc4)CC3)nc12.Cl. The van der Waals surface area contributed by atoms with Crippen LogP contribution in [0.1, 0.15) is 15.9 Å². The summed E-state index contributed by atoms with van der Waals surface area (Å²) >= 11 is 7.54. The van der Waals surface area contributed by atoms with Crippen molar-refractivity contribution in [1.29, 1.82) is 0 Å². The standard InChI is InChI=1S/C28H30ClN5O4S2.ClH/c1-19-3-12-24(38-2)25-26(19)39-28(31-25)34-17-15-33(16-18-34)14-13-30-27(35)20-4-8-22(9-5-20)32-40(36,37)23-10-6-21(29)7-11-23;/h3-12,32H,13-18H2,1-2H3,(H,30,35);1H. The van der Waals surface area contributed by atoms with Gasteiger partial charge in [-0.05, 0) is 67.1 Å². The van der Waals surface area contributed by atoms with Gasteiger partial charge in [0.15, 0.2) is 5.13 Å². The summed E-state index contributed by atoms with van der Waals surface area (Å²) < 4.78 is 34.3. The summed E-state index contributed by atoms with van der Waals surface area (Å²) in [5, 5.41) is 4.42. The Labute approximate surface area is 254 Å². The van der Waals surface area contributed by atoms with Gasteiger partial charge >= 0.3 is 0 Å². The molecule has 1 aliphatic rings. The third kappa shape index (κ3) is 7.22. The molecule has 0 atom stereocenters. The summed E-state index contributed by atoms with van der Waals surface area (Å²) in [6.07, 6.45) is 0. The molecule has 0 bridgehead atoms. The Morgan fingerprint density at radius 2 is 1.71 bits per heavy atom. The number of halogens is 2. The minimum Gasteiger partial charge on any atom is -0.494 e. The van der Waals surface area contributed by atoms with Crippen molar-refractivity contribution in [3.63, 3.8) is 0 Å². The molecule has 2 heterocycles. The molecule has 1 fully saturated rings. The van der Waals surface area contributed by atoms with E-state index in [2.05, 4.69) is 32.8 Å². The van der Waals surface area contributed by atoms with Crippen LogP contribution < -0.4 is 19.7 Å². The summed E-state index contributed by atoms with van der Waals surface area (Å²) in [7, 11) is -2.08. The van der Waals surface area contributed by atoms with Gasteiger partial charge in [0.25, 0.3) is 15.9 Å². The van der Waals surface area contributed by atoms with Gasteiger partial charge in [0.1, 0.15) is 11.3 Å². The number of benzene rings is 3. The molecule has 4 aromatic rings. The molecular weight excluding hydrogens is 605 g/mol. The third-order valence-electron chi connectivity index (χ3n) is 6.79. The topological polar surface area (TPSA) is 104 Å². The Morgan fingerprint density at radius 1 is 1.02 bits per heavy atom. The molecule has 13 heteroatoms. The minimum absolute atomic E-state index is 0. The summed E-state index contributed by atoms with van der Waals surface area (Å²) in [6.45, 7) is 6.83. The molecule has 9 nitrogen and oxygen atoms in total. The molecular formula is C28H31Cl2N5O4S2. The molecule has 218 valence electrons. The Hall–Kier alpha value is -3.09. The van der Waals surface area contributed by atoms with Crippen LogP contribution in [0.4, 0.5) is 10.8 Å². The van der Waals surface area contributed by atoms with E-state index in [1.807, 2.05) is 6.07 Å². The number of anilines is 2. The van der Waals surface area contributed by atoms with Gasteiger partial charge in [0, 0.05) is 55.5 Å². The lowest BCUT2D eigenvalue weighted by atomic mass is 10.2. The second-order valence-corrected chi connectivity index (χ2v) is 12.6. The molecule has 3 aromatic carbocycles. The van der Waals surface area contributed by atoms with Crippen molar-refractivity contribution in [2.45, 2.75) is 11.8 Å². The van der Waals surface area contributed by atoms with Gasteiger partial charge in [0.2, 0.25) is 0 Å². The number of thiazole rings is 1. The van der Waals surface area contributed by atoms with Crippen molar-refractivity contribution in [2.24, 2.45) is 0 Å². The highest BCUT2D eigenvalue weighted by Gasteiger charge is 2.21. The second kappa shape index (κ2) is 13.3. The number of methoxy groups -OCH3 is 1. The molecule has 0 aliphatic carbocycles. The van der Waals surface area contributed by atoms with Crippen molar-refractivity contribution < 1.29 is 17.9 Å². The van der Waals surface area contributed by atoms with Crippen molar-refractivity contribution in [2.75, 3.05) is 56.0 Å². The number of nitrogens with one attached hydrogen (secondary N) is 2. The van der Waals surface area contributed by atoms with Crippen molar-refractivity contribution in [1.82, 2.24) is 15.2 Å². The van der Waals surface area contributed by atoms with Crippen LogP contribution in [0.25, 0.3) is 10.2 Å². The summed E-state index contributed by atoms with van der Waals surface area (Å²) in [5.41, 5.74) is 2.94. The number of amides is 1. The number of ether oxygens (including phenoxy) is 1. The van der Waals surface area contributed by atoms with Crippen molar-refractivity contribution >= 4 is 72.3 Å². The van der Waals surface area contributed by atoms with Gasteiger partial charge in [0.05, 0.1) is 16.7 Å². The van der Waals surface area contributed by atoms with E-state index in [1.165, 1.54) is 29.8 Å². The molecule has 0 saturated carbocycles. The smallest absolute Gasteiger partial charge is 0.261 e. The van der Waals surface area contributed by atoms with E-state index in [9.17, 15) is 13.2 Å². The number of carbonyl (C=O) groups is 1. The highest BCUT2D eigenvalue weighted by atomic mass is 35.5. The number of hydrogen-bond acceptors (Lipinski definition) is 8. The first kappa shape index (κ1) is 30.9. The number of sulfonamides is 1. The Bertz CT molecular complexity index is 1610. The third-order valence-corrected chi connectivity index (χ3v) is 9.69. The monoisotopic (exact) mass is 635 g/mol. The quantitative estimate of drug-likeness (QED) is 0.265. The van der Waals surface area contributed by atoms with E-state index < -0.39 is 10.0 Å². The van der Waals surface area contributed by atoms with Crippen LogP contribution in [0.5, 0.6) is 5.75 Å². The molecule has 0 spiro atoms. The zero-order valence-electron chi connectivity index (χ0n) is 22.6. The van der Waals surface area contributed by atoms with Crippen LogP contribution in [0.3, 0.4) is 0 Å². The van der Waals surface area contributed by atoms with Gasteiger partial charge in [-0.3, -0.25) is 14.4 Å². The predicted octanol–water partition coefficient (Wildman–Crippen LogP) is 5.04. The molecule has 2 N–H and O–H groups in total. The summed E-state index contributed by atoms with van der Waals surface area (Å²) in [4.78, 5) is 22.2. The van der Waals surface area contributed by atoms with Crippen LogP contribution in [-0.2, 0) is 10.0 Å². The molecule has 0 unspecified atom stereocenters. The number of hydrogen-bond donors (Lipinski definition) is 2. The maximum absolute atomic E-state index is 12.6. The second-order valence-electron chi connectivity index (χ2n) is 9.48. The highest BCUT2D eigenvalue weighted by Crippen LogP contribution is 2.36. The first-order valence-electron chi connectivity index (χ1n) is 12.8. The number of fused-ring (bicyclic) bond motifs is 1. The number of piperazine rings is 1. The molecule has 41 heavy (non-hydrogen) atoms. The van der Waals surface area contributed by atoms with E-state index in [4.69, 9.17) is 21.3 Å². The van der Waals surface area contributed by atoms with Gasteiger partial charge in [-0.25, -0.2) is 13.4 Å². The fourth-order valence-corrected chi connectivity index (χ4v) is 6.80. The van der Waals surface area contributed by atoms with E-state index >= 15 is 0 Å². The molecule has 1 aromatic heterocycles. The number of rotatable bonds is 9. The van der Waals surface area contributed by atoms with E-state index in [0.29, 0.717) is 22.8 Å². The average molecular weight is 637 g/mol. The van der Waals surface area contributed by atoms with Crippen LogP contribution in [-0.4, -0.2) is 70.6 Å². The number of carbonyl (C=O) groups excluding carboxylic acids is 1. The molecule has 5 rings (SSSR count). The first-order valence-corrected chi connectivity index (χ1v) is 15.5. The maximum atomic E-state index is 12.6. The zero-order chi connectivity index (χ0) is 28.3. The average Bonchev–Trinajstić information content (AvgIpc) is 3.41. The van der Waals surface area contributed by atoms with Crippen LogP contribution in [0.15, 0.2) is 65.6 Å². The lowest BCUT2D eigenvalue weighted by Crippen LogP contribution is -2.48. The highest BCUT2D eigenvalue weighted by molar-refractivity contribution is 7.92. The lowest BCUT2D eigenvalue weighted by molar-refractivity contribution is 0.0948. The van der Waals surface area contributed by atoms with Crippen molar-refractivity contribution in [3.05, 3.63) is 76.8 Å². The fourth-order valence-electron chi connectivity index (χ4n) is 4.51.